The third-order valence-electron chi connectivity index (χ3n) is 3.43. The minimum atomic E-state index is -0.160. The summed E-state index contributed by atoms with van der Waals surface area (Å²) < 4.78 is 13.0. The number of hydrogen-bond donors (Lipinski definition) is 1. The van der Waals surface area contributed by atoms with Crippen LogP contribution in [0.5, 0.6) is 0 Å². The van der Waals surface area contributed by atoms with Gasteiger partial charge in [0, 0.05) is 24.8 Å². The highest BCUT2D eigenvalue weighted by Crippen LogP contribution is 2.45. The Hall–Kier alpha value is -1.09. The van der Waals surface area contributed by atoms with Crippen molar-refractivity contribution in [3.05, 3.63) is 30.1 Å². The van der Waals surface area contributed by atoms with Crippen LogP contribution in [0.3, 0.4) is 0 Å². The first kappa shape index (κ1) is 8.24. The van der Waals surface area contributed by atoms with E-state index in [-0.39, 0.29) is 5.82 Å². The molecule has 1 aromatic carbocycles. The van der Waals surface area contributed by atoms with Crippen molar-refractivity contribution < 1.29 is 4.39 Å². The van der Waals surface area contributed by atoms with Crippen molar-refractivity contribution in [3.8, 4) is 0 Å². The molecule has 0 amide bonds. The summed E-state index contributed by atoms with van der Waals surface area (Å²) >= 11 is 0. The summed E-state index contributed by atoms with van der Waals surface area (Å²) in [6.45, 7) is 1.99. The molecular formula is C11H13FN2. The molecule has 2 aliphatic rings. The molecule has 1 saturated heterocycles. The number of halogens is 1. The maximum Gasteiger partial charge on any atom is 0.125 e. The van der Waals surface area contributed by atoms with E-state index in [1.54, 1.807) is 12.1 Å². The maximum atomic E-state index is 13.0. The molecule has 0 spiro atoms. The van der Waals surface area contributed by atoms with Gasteiger partial charge in [0.15, 0.2) is 0 Å². The Bertz CT molecular complexity index is 354. The Kier molecular flexibility index (Phi) is 1.59. The molecule has 2 N–H and O–H groups in total. The van der Waals surface area contributed by atoms with E-state index in [0.29, 0.717) is 17.9 Å². The number of rotatable bonds is 1. The second kappa shape index (κ2) is 2.70. The van der Waals surface area contributed by atoms with Gasteiger partial charge in [-0.15, -0.1) is 0 Å². The lowest BCUT2D eigenvalue weighted by molar-refractivity contribution is 0.626. The molecule has 3 rings (SSSR count). The highest BCUT2D eigenvalue weighted by atomic mass is 19.1. The van der Waals surface area contributed by atoms with Gasteiger partial charge in [0.05, 0.1) is 0 Å². The van der Waals surface area contributed by atoms with Crippen LogP contribution in [0.25, 0.3) is 0 Å². The Labute approximate surface area is 82.5 Å². The van der Waals surface area contributed by atoms with Gasteiger partial charge in [-0.2, -0.15) is 0 Å². The number of piperidine rings is 1. The van der Waals surface area contributed by atoms with Crippen LogP contribution >= 0.6 is 0 Å². The number of nitrogens with two attached hydrogens (primary N) is 1. The Balaban J connectivity index is 1.79. The Morgan fingerprint density at radius 2 is 2.00 bits per heavy atom. The zero-order valence-electron chi connectivity index (χ0n) is 7.86. The summed E-state index contributed by atoms with van der Waals surface area (Å²) in [5, 5.41) is 0. The van der Waals surface area contributed by atoms with Gasteiger partial charge in [-0.1, -0.05) is 6.07 Å². The first-order valence-electron chi connectivity index (χ1n) is 5.02. The normalized spacial score (nSPS) is 34.4. The van der Waals surface area contributed by atoms with E-state index in [1.807, 2.05) is 6.07 Å². The van der Waals surface area contributed by atoms with Crippen molar-refractivity contribution in [1.29, 1.82) is 0 Å². The summed E-state index contributed by atoms with van der Waals surface area (Å²) in [7, 11) is 0. The van der Waals surface area contributed by atoms with Crippen LogP contribution in [0.4, 0.5) is 10.1 Å². The molecule has 14 heavy (non-hydrogen) atoms. The SMILES string of the molecule is NC1C2CN(c3cccc(F)c3)CC12. The van der Waals surface area contributed by atoms with Crippen LogP contribution in [0.15, 0.2) is 24.3 Å². The van der Waals surface area contributed by atoms with Crippen LogP contribution < -0.4 is 10.6 Å². The van der Waals surface area contributed by atoms with Crippen molar-refractivity contribution in [2.45, 2.75) is 6.04 Å². The molecule has 0 aromatic heterocycles. The third kappa shape index (κ3) is 1.12. The first-order chi connectivity index (χ1) is 6.75. The average molecular weight is 192 g/mol. The van der Waals surface area contributed by atoms with Gasteiger partial charge >= 0.3 is 0 Å². The summed E-state index contributed by atoms with van der Waals surface area (Å²) in [5.41, 5.74) is 6.83. The van der Waals surface area contributed by atoms with Gasteiger partial charge < -0.3 is 10.6 Å². The molecule has 1 heterocycles. The highest BCUT2D eigenvalue weighted by molar-refractivity contribution is 5.49. The number of nitrogens with zero attached hydrogens (tertiary/aromatic N) is 1. The molecule has 2 atom stereocenters. The molecule has 0 radical (unpaired) electrons. The van der Waals surface area contributed by atoms with E-state index in [9.17, 15) is 4.39 Å². The molecule has 1 aliphatic carbocycles. The fraction of sp³-hybridized carbons (Fsp3) is 0.455. The number of benzene rings is 1. The van der Waals surface area contributed by atoms with Crippen LogP contribution in [0, 0.1) is 17.7 Å². The number of fused-ring (bicyclic) bond motifs is 1. The van der Waals surface area contributed by atoms with Gasteiger partial charge in [0.25, 0.3) is 0 Å². The number of anilines is 1. The summed E-state index contributed by atoms with van der Waals surface area (Å²) in [6.07, 6.45) is 0. The molecule has 3 heteroatoms. The second-order valence-corrected chi connectivity index (χ2v) is 4.29. The largest absolute Gasteiger partial charge is 0.371 e. The summed E-state index contributed by atoms with van der Waals surface area (Å²) in [4.78, 5) is 2.22. The third-order valence-corrected chi connectivity index (χ3v) is 3.43. The second-order valence-electron chi connectivity index (χ2n) is 4.29. The van der Waals surface area contributed by atoms with Gasteiger partial charge in [0.1, 0.15) is 5.82 Å². The zero-order chi connectivity index (χ0) is 9.71. The molecule has 2 unspecified atom stereocenters. The van der Waals surface area contributed by atoms with Crippen molar-refractivity contribution >= 4 is 5.69 Å². The van der Waals surface area contributed by atoms with Crippen LogP contribution in [-0.4, -0.2) is 19.1 Å². The van der Waals surface area contributed by atoms with Gasteiger partial charge in [-0.25, -0.2) is 4.39 Å². The predicted molar refractivity (Wildman–Crippen MR) is 53.6 cm³/mol. The van der Waals surface area contributed by atoms with Crippen molar-refractivity contribution in [1.82, 2.24) is 0 Å². The molecule has 0 bridgehead atoms. The predicted octanol–water partition coefficient (Wildman–Crippen LogP) is 1.22. The fourth-order valence-corrected chi connectivity index (χ4v) is 2.46. The van der Waals surface area contributed by atoms with E-state index in [2.05, 4.69) is 4.90 Å². The van der Waals surface area contributed by atoms with E-state index in [4.69, 9.17) is 5.73 Å². The summed E-state index contributed by atoms with van der Waals surface area (Å²) in [5.74, 6) is 1.14. The minimum absolute atomic E-state index is 0.160. The molecule has 74 valence electrons. The van der Waals surface area contributed by atoms with E-state index in [1.165, 1.54) is 6.07 Å². The number of hydrogen-bond acceptors (Lipinski definition) is 2. The quantitative estimate of drug-likeness (QED) is 0.725. The van der Waals surface area contributed by atoms with E-state index >= 15 is 0 Å². The van der Waals surface area contributed by atoms with Gasteiger partial charge in [-0.05, 0) is 30.0 Å². The van der Waals surface area contributed by atoms with Crippen molar-refractivity contribution in [2.75, 3.05) is 18.0 Å². The molecular weight excluding hydrogens is 179 g/mol. The monoisotopic (exact) mass is 192 g/mol. The zero-order valence-corrected chi connectivity index (χ0v) is 7.86. The van der Waals surface area contributed by atoms with Crippen molar-refractivity contribution in [3.63, 3.8) is 0 Å². The van der Waals surface area contributed by atoms with Crippen LogP contribution in [0.1, 0.15) is 0 Å². The van der Waals surface area contributed by atoms with E-state index < -0.39 is 0 Å². The average Bonchev–Trinajstić information content (AvgIpc) is 2.66. The van der Waals surface area contributed by atoms with Crippen molar-refractivity contribution in [2.24, 2.45) is 17.6 Å². The molecule has 1 saturated carbocycles. The molecule has 1 aromatic rings. The fourth-order valence-electron chi connectivity index (χ4n) is 2.46. The van der Waals surface area contributed by atoms with Gasteiger partial charge in [-0.3, -0.25) is 0 Å². The molecule has 2 fully saturated rings. The maximum absolute atomic E-state index is 13.0. The lowest BCUT2D eigenvalue weighted by atomic mass is 10.2. The molecule has 2 nitrogen and oxygen atoms in total. The highest BCUT2D eigenvalue weighted by Gasteiger charge is 2.53. The van der Waals surface area contributed by atoms with E-state index in [0.717, 1.165) is 18.8 Å². The first-order valence-corrected chi connectivity index (χ1v) is 5.02. The lowest BCUT2D eigenvalue weighted by Crippen LogP contribution is -2.27. The smallest absolute Gasteiger partial charge is 0.125 e. The minimum Gasteiger partial charge on any atom is -0.371 e. The molecule has 1 aliphatic heterocycles. The Morgan fingerprint density at radius 3 is 2.64 bits per heavy atom. The van der Waals surface area contributed by atoms with Crippen LogP contribution in [0.2, 0.25) is 0 Å². The van der Waals surface area contributed by atoms with Crippen LogP contribution in [-0.2, 0) is 0 Å². The summed E-state index contributed by atoms with van der Waals surface area (Å²) in [6, 6.07) is 7.19. The standard InChI is InChI=1S/C11H13FN2/c12-7-2-1-3-8(4-7)14-5-9-10(6-14)11(9)13/h1-4,9-11H,5-6,13H2. The van der Waals surface area contributed by atoms with Gasteiger partial charge in [0.2, 0.25) is 0 Å². The lowest BCUT2D eigenvalue weighted by Gasteiger charge is -2.21. The Morgan fingerprint density at radius 1 is 1.29 bits per heavy atom. The topological polar surface area (TPSA) is 29.3 Å².